The van der Waals surface area contributed by atoms with Crippen molar-refractivity contribution in [2.24, 2.45) is 5.92 Å². The molecule has 2 unspecified atom stereocenters. The Morgan fingerprint density at radius 2 is 1.92 bits per heavy atom. The van der Waals surface area contributed by atoms with E-state index in [1.54, 1.807) is 5.06 Å². The summed E-state index contributed by atoms with van der Waals surface area (Å²) in [6.07, 6.45) is 8.08. The van der Waals surface area contributed by atoms with Crippen LogP contribution < -0.4 is 0 Å². The van der Waals surface area contributed by atoms with E-state index in [4.69, 9.17) is 9.94 Å². The Bertz CT molecular complexity index is 401. The fraction of sp³-hybridized carbons (Fsp3) is 0.889. The van der Waals surface area contributed by atoms with Gasteiger partial charge in [-0.25, -0.2) is 0 Å². The number of hydrogen-bond acceptors (Lipinski definition) is 4. The molecule has 0 spiro atoms. The van der Waals surface area contributed by atoms with Crippen molar-refractivity contribution in [1.29, 1.82) is 0 Å². The monoisotopic (exact) mass is 343 g/mol. The van der Waals surface area contributed by atoms with E-state index in [0.29, 0.717) is 45.3 Å². The van der Waals surface area contributed by atoms with Crippen molar-refractivity contribution in [1.82, 2.24) is 5.06 Å². The lowest BCUT2D eigenvalue weighted by Gasteiger charge is -2.34. The highest BCUT2D eigenvalue weighted by Gasteiger charge is 2.48. The van der Waals surface area contributed by atoms with Gasteiger partial charge in [0.25, 0.3) is 0 Å². The summed E-state index contributed by atoms with van der Waals surface area (Å²) in [5.74, 6) is -1.91. The van der Waals surface area contributed by atoms with Crippen molar-refractivity contribution in [3.63, 3.8) is 0 Å². The molecule has 6 heteroatoms. The molecule has 0 aromatic carbocycles. The fourth-order valence-electron chi connectivity index (χ4n) is 3.46. The zero-order chi connectivity index (χ0) is 18.0. The molecule has 0 bridgehead atoms. The second-order valence-electron chi connectivity index (χ2n) is 6.77. The van der Waals surface area contributed by atoms with Crippen LogP contribution in [0.4, 0.5) is 0 Å². The summed E-state index contributed by atoms with van der Waals surface area (Å²) in [7, 11) is 0. The Kier molecular flexibility index (Phi) is 9.29. The van der Waals surface area contributed by atoms with Crippen molar-refractivity contribution < 1.29 is 24.6 Å². The molecule has 1 saturated heterocycles. The van der Waals surface area contributed by atoms with E-state index < -0.39 is 17.5 Å². The van der Waals surface area contributed by atoms with Crippen molar-refractivity contribution in [2.75, 3.05) is 13.2 Å². The summed E-state index contributed by atoms with van der Waals surface area (Å²) in [4.78, 5) is 28.7. The molecule has 2 atom stereocenters. The second-order valence-corrected chi connectivity index (χ2v) is 6.77. The Hall–Kier alpha value is -1.14. The first-order chi connectivity index (χ1) is 11.5. The molecule has 0 aromatic heterocycles. The van der Waals surface area contributed by atoms with Crippen molar-refractivity contribution in [2.45, 2.75) is 83.6 Å². The summed E-state index contributed by atoms with van der Waals surface area (Å²) >= 11 is 0. The van der Waals surface area contributed by atoms with Gasteiger partial charge in [0, 0.05) is 6.54 Å². The number of aliphatic carboxylic acids is 2. The number of unbranched alkanes of at least 4 members (excludes halogenated alkanes) is 3. The summed E-state index contributed by atoms with van der Waals surface area (Å²) in [6, 6.07) is 0. The standard InChI is InChI=1S/C18H33NO5/c1-3-5-6-7-11-18(17(22)23)12-9-13-19(18)24-14-8-10-15(4-2)16(20)21/h15H,3-14H2,1-2H3,(H,20,21)(H,22,23). The normalized spacial score (nSPS) is 22.6. The minimum atomic E-state index is -0.898. The minimum absolute atomic E-state index is 0.342. The predicted molar refractivity (Wildman–Crippen MR) is 91.7 cm³/mol. The lowest BCUT2D eigenvalue weighted by molar-refractivity contribution is -0.217. The first kappa shape index (κ1) is 20.9. The van der Waals surface area contributed by atoms with Gasteiger partial charge in [-0.05, 0) is 38.5 Å². The number of carboxylic acid groups (broad SMARTS) is 2. The summed E-state index contributed by atoms with van der Waals surface area (Å²) in [5, 5.41) is 20.5. The number of hydrogen-bond donors (Lipinski definition) is 2. The molecule has 6 nitrogen and oxygen atoms in total. The number of carboxylic acids is 2. The molecule has 1 fully saturated rings. The van der Waals surface area contributed by atoms with E-state index >= 15 is 0 Å². The van der Waals surface area contributed by atoms with E-state index in [9.17, 15) is 14.7 Å². The van der Waals surface area contributed by atoms with Crippen molar-refractivity contribution in [3.8, 4) is 0 Å². The molecule has 1 rings (SSSR count). The van der Waals surface area contributed by atoms with Gasteiger partial charge < -0.3 is 10.2 Å². The average molecular weight is 343 g/mol. The second kappa shape index (κ2) is 10.7. The van der Waals surface area contributed by atoms with E-state index in [2.05, 4.69) is 6.92 Å². The van der Waals surface area contributed by atoms with Crippen molar-refractivity contribution >= 4 is 11.9 Å². The van der Waals surface area contributed by atoms with Gasteiger partial charge in [0.15, 0.2) is 0 Å². The van der Waals surface area contributed by atoms with Gasteiger partial charge in [-0.3, -0.25) is 14.4 Å². The summed E-state index contributed by atoms with van der Waals surface area (Å²) in [5.41, 5.74) is -0.898. The Labute approximate surface area is 145 Å². The van der Waals surface area contributed by atoms with Crippen LogP contribution in [0, 0.1) is 5.92 Å². The minimum Gasteiger partial charge on any atom is -0.481 e. The van der Waals surface area contributed by atoms with Gasteiger partial charge in [0.05, 0.1) is 12.5 Å². The van der Waals surface area contributed by atoms with E-state index in [-0.39, 0.29) is 5.92 Å². The highest BCUT2D eigenvalue weighted by atomic mass is 16.7. The molecular weight excluding hydrogens is 310 g/mol. The van der Waals surface area contributed by atoms with Gasteiger partial charge in [0.2, 0.25) is 0 Å². The summed E-state index contributed by atoms with van der Waals surface area (Å²) in [6.45, 7) is 5.02. The maximum atomic E-state index is 11.9. The Morgan fingerprint density at radius 3 is 2.50 bits per heavy atom. The summed E-state index contributed by atoms with van der Waals surface area (Å²) < 4.78 is 0. The van der Waals surface area contributed by atoms with Crippen LogP contribution in [-0.2, 0) is 14.4 Å². The van der Waals surface area contributed by atoms with Gasteiger partial charge >= 0.3 is 11.9 Å². The Morgan fingerprint density at radius 1 is 1.17 bits per heavy atom. The van der Waals surface area contributed by atoms with E-state index in [0.717, 1.165) is 32.1 Å². The lowest BCUT2D eigenvalue weighted by atomic mass is 9.90. The quantitative estimate of drug-likeness (QED) is 0.496. The van der Waals surface area contributed by atoms with Gasteiger partial charge in [-0.2, -0.15) is 5.06 Å². The molecule has 0 radical (unpaired) electrons. The molecule has 1 heterocycles. The first-order valence-electron chi connectivity index (χ1n) is 9.34. The predicted octanol–water partition coefficient (Wildman–Crippen LogP) is 3.70. The molecule has 0 aliphatic carbocycles. The highest BCUT2D eigenvalue weighted by molar-refractivity contribution is 5.79. The van der Waals surface area contributed by atoms with Crippen LogP contribution in [0.2, 0.25) is 0 Å². The van der Waals surface area contributed by atoms with Crippen LogP contribution in [-0.4, -0.2) is 45.9 Å². The zero-order valence-electron chi connectivity index (χ0n) is 15.1. The number of hydroxylamine groups is 2. The van der Waals surface area contributed by atoms with Gasteiger partial charge in [0.1, 0.15) is 5.54 Å². The third-order valence-electron chi connectivity index (χ3n) is 5.06. The SMILES string of the molecule is CCCCCCC1(C(=O)O)CCCN1OCCCC(CC)C(=O)O. The van der Waals surface area contributed by atoms with E-state index in [1.165, 1.54) is 0 Å². The first-order valence-corrected chi connectivity index (χ1v) is 9.34. The third-order valence-corrected chi connectivity index (χ3v) is 5.06. The molecular formula is C18H33NO5. The third kappa shape index (κ3) is 5.74. The zero-order valence-corrected chi connectivity index (χ0v) is 15.1. The average Bonchev–Trinajstić information content (AvgIpc) is 2.95. The molecule has 0 aromatic rings. The van der Waals surface area contributed by atoms with Crippen LogP contribution in [0.1, 0.15) is 78.1 Å². The number of rotatable bonds is 13. The molecule has 1 aliphatic rings. The lowest BCUT2D eigenvalue weighted by Crippen LogP contribution is -2.50. The number of nitrogens with zero attached hydrogens (tertiary/aromatic N) is 1. The van der Waals surface area contributed by atoms with E-state index in [1.807, 2.05) is 6.92 Å². The number of carbonyl (C=O) groups is 2. The molecule has 140 valence electrons. The van der Waals surface area contributed by atoms with Crippen LogP contribution in [0.15, 0.2) is 0 Å². The van der Waals surface area contributed by atoms with Crippen LogP contribution in [0.3, 0.4) is 0 Å². The Balaban J connectivity index is 2.48. The molecule has 24 heavy (non-hydrogen) atoms. The maximum Gasteiger partial charge on any atom is 0.326 e. The van der Waals surface area contributed by atoms with Crippen LogP contribution >= 0.6 is 0 Å². The van der Waals surface area contributed by atoms with Crippen LogP contribution in [0.5, 0.6) is 0 Å². The topological polar surface area (TPSA) is 87.1 Å². The molecule has 0 amide bonds. The van der Waals surface area contributed by atoms with Crippen molar-refractivity contribution in [3.05, 3.63) is 0 Å². The highest BCUT2D eigenvalue weighted by Crippen LogP contribution is 2.35. The van der Waals surface area contributed by atoms with Gasteiger partial charge in [-0.15, -0.1) is 0 Å². The maximum absolute atomic E-state index is 11.9. The molecule has 0 saturated carbocycles. The van der Waals surface area contributed by atoms with Crippen LogP contribution in [0.25, 0.3) is 0 Å². The largest absolute Gasteiger partial charge is 0.481 e. The molecule has 2 N–H and O–H groups in total. The molecule has 1 aliphatic heterocycles. The van der Waals surface area contributed by atoms with Gasteiger partial charge in [-0.1, -0.05) is 39.5 Å². The smallest absolute Gasteiger partial charge is 0.326 e. The fourth-order valence-corrected chi connectivity index (χ4v) is 3.46.